The van der Waals surface area contributed by atoms with Crippen molar-refractivity contribution >= 4 is 0 Å². The van der Waals surface area contributed by atoms with Gasteiger partial charge in [-0.15, -0.1) is 0 Å². The molecule has 0 aliphatic rings. The topological polar surface area (TPSA) is 20.2 Å². The summed E-state index contributed by atoms with van der Waals surface area (Å²) in [5.41, 5.74) is -0.431. The molecular formula is C8H7F3O. The van der Waals surface area contributed by atoms with Crippen LogP contribution in [-0.4, -0.2) is 11.5 Å². The molecule has 1 aromatic rings. The third kappa shape index (κ3) is 1.58. The first-order valence-corrected chi connectivity index (χ1v) is 3.30. The van der Waals surface area contributed by atoms with Gasteiger partial charge in [-0.25, -0.2) is 13.2 Å². The van der Waals surface area contributed by atoms with E-state index in [0.717, 1.165) is 12.1 Å². The first kappa shape index (κ1) is 9.06. The van der Waals surface area contributed by atoms with Gasteiger partial charge in [0.05, 0.1) is 0 Å². The lowest BCUT2D eigenvalue weighted by molar-refractivity contribution is -0.194. The zero-order chi connectivity index (χ0) is 9.19. The Labute approximate surface area is 67.5 Å². The van der Waals surface area contributed by atoms with E-state index in [4.69, 9.17) is 5.11 Å². The number of aliphatic hydroxyl groups is 1. The van der Waals surface area contributed by atoms with Gasteiger partial charge in [-0.3, -0.25) is 0 Å². The Bertz CT molecular complexity index is 246. The Morgan fingerprint density at radius 2 is 1.67 bits per heavy atom. The average Bonchev–Trinajstić information content (AvgIpc) is 2.06. The zero-order valence-corrected chi connectivity index (χ0v) is 6.05. The van der Waals surface area contributed by atoms with Crippen molar-refractivity contribution in [2.24, 2.45) is 0 Å². The summed E-state index contributed by atoms with van der Waals surface area (Å²) in [5, 5.41) is 8.65. The highest BCUT2D eigenvalue weighted by Crippen LogP contribution is 2.29. The van der Waals surface area contributed by atoms with E-state index >= 15 is 0 Å². The lowest BCUT2D eigenvalue weighted by Crippen LogP contribution is -2.28. The predicted octanol–water partition coefficient (Wildman–Crippen LogP) is 2.07. The zero-order valence-electron chi connectivity index (χ0n) is 6.05. The molecule has 1 rings (SSSR count). The summed E-state index contributed by atoms with van der Waals surface area (Å²) < 4.78 is 36.5. The predicted molar refractivity (Wildman–Crippen MR) is 37.5 cm³/mol. The van der Waals surface area contributed by atoms with Crippen molar-refractivity contribution < 1.29 is 18.3 Å². The first-order valence-electron chi connectivity index (χ1n) is 3.30. The smallest absolute Gasteiger partial charge is 0.300 e. The van der Waals surface area contributed by atoms with Gasteiger partial charge in [-0.1, -0.05) is 30.3 Å². The quantitative estimate of drug-likeness (QED) is 0.731. The fraction of sp³-hybridized carbons (Fsp3) is 0.250. The molecular weight excluding hydrogens is 169 g/mol. The molecule has 0 saturated carbocycles. The van der Waals surface area contributed by atoms with Crippen molar-refractivity contribution in [3.05, 3.63) is 35.9 Å². The molecule has 0 spiro atoms. The summed E-state index contributed by atoms with van der Waals surface area (Å²) in [6, 6.07) is 6.51. The summed E-state index contributed by atoms with van der Waals surface area (Å²) in [6.07, 6.45) is -3.43. The first-order chi connectivity index (χ1) is 5.55. The molecule has 0 radical (unpaired) electrons. The van der Waals surface area contributed by atoms with E-state index in [2.05, 4.69) is 0 Å². The van der Waals surface area contributed by atoms with Crippen molar-refractivity contribution in [2.75, 3.05) is 0 Å². The summed E-state index contributed by atoms with van der Waals surface area (Å²) in [6.45, 7) is 0. The molecule has 1 unspecified atom stereocenters. The highest BCUT2D eigenvalue weighted by molar-refractivity contribution is 5.20. The number of halogens is 3. The molecule has 1 atom stereocenters. The molecule has 1 aromatic carbocycles. The third-order valence-corrected chi connectivity index (χ3v) is 1.47. The molecule has 0 bridgehead atoms. The van der Waals surface area contributed by atoms with Crippen molar-refractivity contribution in [3.8, 4) is 0 Å². The SMILES string of the molecule is OC(F)(c1ccccc1)C(F)F. The van der Waals surface area contributed by atoms with Crippen molar-refractivity contribution in [2.45, 2.75) is 12.3 Å². The highest BCUT2D eigenvalue weighted by atomic mass is 19.3. The van der Waals surface area contributed by atoms with E-state index in [1.165, 1.54) is 12.1 Å². The van der Waals surface area contributed by atoms with E-state index in [-0.39, 0.29) is 0 Å². The van der Waals surface area contributed by atoms with Crippen LogP contribution < -0.4 is 0 Å². The Balaban J connectivity index is 2.98. The second kappa shape index (κ2) is 3.15. The summed E-state index contributed by atoms with van der Waals surface area (Å²) in [4.78, 5) is 0. The minimum atomic E-state index is -3.54. The Morgan fingerprint density at radius 3 is 2.08 bits per heavy atom. The normalized spacial score (nSPS) is 16.1. The molecule has 0 saturated heterocycles. The molecule has 0 aliphatic heterocycles. The van der Waals surface area contributed by atoms with Gasteiger partial charge in [0.1, 0.15) is 0 Å². The maximum Gasteiger partial charge on any atom is 0.300 e. The number of benzene rings is 1. The van der Waals surface area contributed by atoms with Crippen LogP contribution >= 0.6 is 0 Å². The molecule has 12 heavy (non-hydrogen) atoms. The molecule has 0 aromatic heterocycles. The average molecular weight is 176 g/mol. The Morgan fingerprint density at radius 1 is 1.17 bits per heavy atom. The summed E-state index contributed by atoms with van der Waals surface area (Å²) in [7, 11) is 0. The van der Waals surface area contributed by atoms with Gasteiger partial charge in [-0.2, -0.15) is 0 Å². The molecule has 4 heteroatoms. The maximum absolute atomic E-state index is 12.8. The number of hydrogen-bond acceptors (Lipinski definition) is 1. The van der Waals surface area contributed by atoms with Gasteiger partial charge >= 0.3 is 6.43 Å². The number of rotatable bonds is 2. The molecule has 0 amide bonds. The lowest BCUT2D eigenvalue weighted by Gasteiger charge is -2.17. The summed E-state index contributed by atoms with van der Waals surface area (Å²) in [5.74, 6) is -3.54. The highest BCUT2D eigenvalue weighted by Gasteiger charge is 2.39. The Kier molecular flexibility index (Phi) is 2.38. The largest absolute Gasteiger partial charge is 0.354 e. The van der Waals surface area contributed by atoms with Crippen LogP contribution in [0.1, 0.15) is 5.56 Å². The number of alkyl halides is 3. The fourth-order valence-corrected chi connectivity index (χ4v) is 0.798. The molecule has 0 heterocycles. The van der Waals surface area contributed by atoms with Crippen molar-refractivity contribution in [1.82, 2.24) is 0 Å². The van der Waals surface area contributed by atoms with Gasteiger partial charge in [0, 0.05) is 5.56 Å². The fourth-order valence-electron chi connectivity index (χ4n) is 0.798. The van der Waals surface area contributed by atoms with Gasteiger partial charge < -0.3 is 5.11 Å². The minimum absolute atomic E-state index is 0.431. The van der Waals surface area contributed by atoms with E-state index in [0.29, 0.717) is 0 Å². The van der Waals surface area contributed by atoms with E-state index in [9.17, 15) is 13.2 Å². The van der Waals surface area contributed by atoms with Crippen LogP contribution in [0.4, 0.5) is 13.2 Å². The van der Waals surface area contributed by atoms with Crippen LogP contribution in [-0.2, 0) is 5.85 Å². The van der Waals surface area contributed by atoms with Crippen molar-refractivity contribution in [1.29, 1.82) is 0 Å². The van der Waals surface area contributed by atoms with E-state index in [1.54, 1.807) is 6.07 Å². The monoisotopic (exact) mass is 176 g/mol. The minimum Gasteiger partial charge on any atom is -0.354 e. The van der Waals surface area contributed by atoms with Crippen molar-refractivity contribution in [3.63, 3.8) is 0 Å². The van der Waals surface area contributed by atoms with E-state index < -0.39 is 17.8 Å². The molecule has 0 aliphatic carbocycles. The maximum atomic E-state index is 12.8. The van der Waals surface area contributed by atoms with Gasteiger partial charge in [-0.05, 0) is 0 Å². The molecule has 66 valence electrons. The lowest BCUT2D eigenvalue weighted by atomic mass is 10.1. The van der Waals surface area contributed by atoms with Crippen LogP contribution in [0.15, 0.2) is 30.3 Å². The second-order valence-corrected chi connectivity index (χ2v) is 2.34. The van der Waals surface area contributed by atoms with Gasteiger partial charge in [0.15, 0.2) is 0 Å². The van der Waals surface area contributed by atoms with Gasteiger partial charge in [0.2, 0.25) is 0 Å². The van der Waals surface area contributed by atoms with Crippen LogP contribution in [0.5, 0.6) is 0 Å². The second-order valence-electron chi connectivity index (χ2n) is 2.34. The summed E-state index contributed by atoms with van der Waals surface area (Å²) >= 11 is 0. The van der Waals surface area contributed by atoms with Crippen LogP contribution in [0.2, 0.25) is 0 Å². The van der Waals surface area contributed by atoms with E-state index in [1.807, 2.05) is 0 Å². The molecule has 1 nitrogen and oxygen atoms in total. The van der Waals surface area contributed by atoms with Gasteiger partial charge in [0.25, 0.3) is 5.85 Å². The molecule has 0 fully saturated rings. The number of hydrogen-bond donors (Lipinski definition) is 1. The third-order valence-electron chi connectivity index (χ3n) is 1.47. The van der Waals surface area contributed by atoms with Crippen LogP contribution in [0.25, 0.3) is 0 Å². The van der Waals surface area contributed by atoms with Crippen LogP contribution in [0, 0.1) is 0 Å². The Hall–Kier alpha value is -1.03. The van der Waals surface area contributed by atoms with Crippen LogP contribution in [0.3, 0.4) is 0 Å². The standard InChI is InChI=1S/C8H7F3O/c9-7(10)8(11,12)6-4-2-1-3-5-6/h1-5,7,12H. The molecule has 1 N–H and O–H groups in total.